The third-order valence-electron chi connectivity index (χ3n) is 4.24. The first kappa shape index (κ1) is 20.0. The second-order valence-corrected chi connectivity index (χ2v) is 8.90. The topological polar surface area (TPSA) is 126 Å². The highest BCUT2D eigenvalue weighted by Gasteiger charge is 2.17. The van der Waals surface area contributed by atoms with Crippen LogP contribution in [0.3, 0.4) is 0 Å². The number of aromatic nitrogens is 3. The minimum atomic E-state index is -3.46. The van der Waals surface area contributed by atoms with Crippen LogP contribution in [0.25, 0.3) is 21.9 Å². The van der Waals surface area contributed by atoms with E-state index in [-0.39, 0.29) is 5.75 Å². The van der Waals surface area contributed by atoms with Crippen molar-refractivity contribution in [3.05, 3.63) is 28.5 Å². The first-order valence-electron chi connectivity index (χ1n) is 8.62. The van der Waals surface area contributed by atoms with Gasteiger partial charge in [-0.2, -0.15) is 0 Å². The van der Waals surface area contributed by atoms with E-state index < -0.39 is 10.0 Å². The summed E-state index contributed by atoms with van der Waals surface area (Å²) in [4.78, 5) is 9.11. The zero-order valence-electron chi connectivity index (χ0n) is 15.0. The van der Waals surface area contributed by atoms with Gasteiger partial charge >= 0.3 is 0 Å². The molecule has 1 aromatic carbocycles. The number of halogens is 1. The van der Waals surface area contributed by atoms with Crippen LogP contribution < -0.4 is 10.9 Å². The molecular formula is C17H22BrN5O3S. The van der Waals surface area contributed by atoms with Crippen LogP contribution >= 0.6 is 15.9 Å². The second kappa shape index (κ2) is 8.09. The lowest BCUT2D eigenvalue weighted by atomic mass is 10.2. The fourth-order valence-electron chi connectivity index (χ4n) is 3.05. The number of hydrogen-bond acceptors (Lipinski definition) is 6. The molecule has 2 heterocycles. The van der Waals surface area contributed by atoms with Crippen molar-refractivity contribution >= 4 is 53.7 Å². The maximum Gasteiger partial charge on any atom is 0.209 e. The standard InChI is InChI=1S/C17H22BrN5O3S/c1-2-26-10-14-22-15-16(23(14)7-3-4-8-27(20,24)25)12-6-5-11(18)9-13(12)21-17(15)19/h5-6,9H,2-4,7-8,10H2,1H3,(H2,19,21)(H2,20,24,25). The van der Waals surface area contributed by atoms with E-state index in [2.05, 4.69) is 25.9 Å². The number of anilines is 1. The molecular weight excluding hydrogens is 434 g/mol. The average molecular weight is 456 g/mol. The molecule has 8 nitrogen and oxygen atoms in total. The lowest BCUT2D eigenvalue weighted by molar-refractivity contribution is 0.126. The molecule has 0 aliphatic heterocycles. The van der Waals surface area contributed by atoms with Crippen LogP contribution in [0.5, 0.6) is 0 Å². The van der Waals surface area contributed by atoms with Crippen LogP contribution in [0.2, 0.25) is 0 Å². The first-order chi connectivity index (χ1) is 12.8. The number of fused-ring (bicyclic) bond motifs is 3. The van der Waals surface area contributed by atoms with Crippen molar-refractivity contribution in [2.24, 2.45) is 5.14 Å². The Labute approximate surface area is 166 Å². The van der Waals surface area contributed by atoms with Crippen LogP contribution in [0, 0.1) is 0 Å². The molecule has 0 spiro atoms. The number of nitrogens with zero attached hydrogens (tertiary/aromatic N) is 3. The Morgan fingerprint density at radius 1 is 1.26 bits per heavy atom. The normalized spacial score (nSPS) is 12.3. The maximum atomic E-state index is 11.2. The zero-order chi connectivity index (χ0) is 19.6. The predicted molar refractivity (Wildman–Crippen MR) is 110 cm³/mol. The minimum Gasteiger partial charge on any atom is -0.382 e. The predicted octanol–water partition coefficient (Wildman–Crippen LogP) is 2.53. The van der Waals surface area contributed by atoms with Gasteiger partial charge in [0.15, 0.2) is 5.82 Å². The lowest BCUT2D eigenvalue weighted by Crippen LogP contribution is -2.17. The van der Waals surface area contributed by atoms with Gasteiger partial charge in [-0.25, -0.2) is 23.5 Å². The van der Waals surface area contributed by atoms with E-state index in [9.17, 15) is 8.42 Å². The van der Waals surface area contributed by atoms with Crippen molar-refractivity contribution in [1.82, 2.24) is 14.5 Å². The number of pyridine rings is 1. The molecule has 0 amide bonds. The van der Waals surface area contributed by atoms with Crippen molar-refractivity contribution < 1.29 is 13.2 Å². The molecule has 0 saturated carbocycles. The fraction of sp³-hybridized carbons (Fsp3) is 0.412. The van der Waals surface area contributed by atoms with Gasteiger partial charge in [-0.05, 0) is 38.0 Å². The van der Waals surface area contributed by atoms with Crippen molar-refractivity contribution in [3.8, 4) is 0 Å². The molecule has 146 valence electrons. The van der Waals surface area contributed by atoms with Crippen LogP contribution in [-0.2, 0) is 27.9 Å². The van der Waals surface area contributed by atoms with Gasteiger partial charge < -0.3 is 15.0 Å². The van der Waals surface area contributed by atoms with Crippen LogP contribution in [0.1, 0.15) is 25.6 Å². The van der Waals surface area contributed by atoms with Crippen molar-refractivity contribution in [2.45, 2.75) is 32.9 Å². The average Bonchev–Trinajstić information content (AvgIpc) is 2.95. The number of hydrogen-bond donors (Lipinski definition) is 2. The summed E-state index contributed by atoms with van der Waals surface area (Å²) in [5.41, 5.74) is 8.44. The van der Waals surface area contributed by atoms with Gasteiger partial charge in [0.25, 0.3) is 0 Å². The number of primary sulfonamides is 1. The first-order valence-corrected chi connectivity index (χ1v) is 11.1. The third-order valence-corrected chi connectivity index (χ3v) is 5.59. The SMILES string of the molecule is CCOCc1nc2c(N)nc3cc(Br)ccc3c2n1CCCCS(N)(=O)=O. The Bertz CT molecular complexity index is 1080. The largest absolute Gasteiger partial charge is 0.382 e. The molecule has 10 heteroatoms. The van der Waals surface area contributed by atoms with E-state index in [4.69, 9.17) is 15.6 Å². The molecule has 0 saturated heterocycles. The van der Waals surface area contributed by atoms with Gasteiger partial charge in [-0.15, -0.1) is 0 Å². The third kappa shape index (κ3) is 4.57. The molecule has 0 bridgehead atoms. The minimum absolute atomic E-state index is 0.0438. The lowest BCUT2D eigenvalue weighted by Gasteiger charge is -2.11. The second-order valence-electron chi connectivity index (χ2n) is 6.25. The van der Waals surface area contributed by atoms with E-state index in [0.717, 1.165) is 26.7 Å². The summed E-state index contributed by atoms with van der Waals surface area (Å²) in [6.45, 7) is 3.42. The smallest absolute Gasteiger partial charge is 0.209 e. The molecule has 2 aromatic heterocycles. The molecule has 3 aromatic rings. The maximum absolute atomic E-state index is 11.2. The van der Waals surface area contributed by atoms with Gasteiger partial charge in [-0.1, -0.05) is 15.9 Å². The highest BCUT2D eigenvalue weighted by Crippen LogP contribution is 2.31. The van der Waals surface area contributed by atoms with Gasteiger partial charge in [0, 0.05) is 23.0 Å². The Hall–Kier alpha value is -1.75. The number of nitrogens with two attached hydrogens (primary N) is 2. The van der Waals surface area contributed by atoms with E-state index >= 15 is 0 Å². The molecule has 0 radical (unpaired) electrons. The Morgan fingerprint density at radius 2 is 2.04 bits per heavy atom. The number of unbranched alkanes of at least 4 members (excludes halogenated alkanes) is 1. The van der Waals surface area contributed by atoms with Crippen molar-refractivity contribution in [3.63, 3.8) is 0 Å². The summed E-state index contributed by atoms with van der Waals surface area (Å²) >= 11 is 3.46. The summed E-state index contributed by atoms with van der Waals surface area (Å²) in [7, 11) is -3.46. The summed E-state index contributed by atoms with van der Waals surface area (Å²) in [5, 5.41) is 6.03. The van der Waals surface area contributed by atoms with E-state index in [1.54, 1.807) is 0 Å². The molecule has 0 fully saturated rings. The fourth-order valence-corrected chi connectivity index (χ4v) is 4.00. The molecule has 0 aliphatic carbocycles. The summed E-state index contributed by atoms with van der Waals surface area (Å²) in [6.07, 6.45) is 1.11. The quantitative estimate of drug-likeness (QED) is 0.502. The number of rotatable bonds is 8. The van der Waals surface area contributed by atoms with Crippen LogP contribution in [-0.4, -0.2) is 35.3 Å². The molecule has 0 aliphatic rings. The number of aryl methyl sites for hydroxylation is 1. The summed E-state index contributed by atoms with van der Waals surface area (Å²) in [6, 6.07) is 5.83. The number of nitrogen functional groups attached to an aromatic ring is 1. The van der Waals surface area contributed by atoms with Gasteiger partial charge in [0.2, 0.25) is 10.0 Å². The molecule has 0 unspecified atom stereocenters. The molecule has 27 heavy (non-hydrogen) atoms. The molecule has 0 atom stereocenters. The van der Waals surface area contributed by atoms with E-state index in [1.807, 2.05) is 29.7 Å². The van der Waals surface area contributed by atoms with Crippen molar-refractivity contribution in [1.29, 1.82) is 0 Å². The Morgan fingerprint density at radius 3 is 2.74 bits per heavy atom. The number of imidazole rings is 1. The van der Waals surface area contributed by atoms with Gasteiger partial charge in [-0.3, -0.25) is 0 Å². The van der Waals surface area contributed by atoms with Gasteiger partial charge in [0.1, 0.15) is 17.9 Å². The van der Waals surface area contributed by atoms with Crippen molar-refractivity contribution in [2.75, 3.05) is 18.1 Å². The van der Waals surface area contributed by atoms with E-state index in [1.165, 1.54) is 0 Å². The number of benzene rings is 1. The summed E-state index contributed by atoms with van der Waals surface area (Å²) < 4.78 is 30.9. The summed E-state index contributed by atoms with van der Waals surface area (Å²) in [5.74, 6) is 1.06. The molecule has 3 rings (SSSR count). The zero-order valence-corrected chi connectivity index (χ0v) is 17.4. The number of ether oxygens (including phenoxy) is 1. The molecule has 4 N–H and O–H groups in total. The van der Waals surface area contributed by atoms with Crippen LogP contribution in [0.15, 0.2) is 22.7 Å². The van der Waals surface area contributed by atoms with Gasteiger partial charge in [0.05, 0.1) is 16.8 Å². The Kier molecular flexibility index (Phi) is 5.99. The van der Waals surface area contributed by atoms with E-state index in [0.29, 0.717) is 43.9 Å². The number of sulfonamides is 1. The van der Waals surface area contributed by atoms with Crippen LogP contribution in [0.4, 0.5) is 5.82 Å². The monoisotopic (exact) mass is 455 g/mol. The highest BCUT2D eigenvalue weighted by atomic mass is 79.9. The highest BCUT2D eigenvalue weighted by molar-refractivity contribution is 9.10. The Balaban J connectivity index is 2.07.